The number of amides is 1. The maximum absolute atomic E-state index is 15.0. The first-order valence-corrected chi connectivity index (χ1v) is 20.0. The third-order valence-electron chi connectivity index (χ3n) is 12.2. The number of sulfone groups is 1. The SMILES string of the molecule is COC(=O)N[C@H]1CCC[C@@H]1C(CN1CCC1)(c1cccc(F)c1)C1CCN(CC2CN(c3ccc(S(=O)(=O)c4ccc(C(=O)O)cc4)cc3)C2)CC1. The molecule has 1 unspecified atom stereocenters. The molecule has 3 aromatic carbocycles. The van der Waals surface area contributed by atoms with Crippen molar-refractivity contribution in [1.29, 1.82) is 0 Å². The van der Waals surface area contributed by atoms with Crippen molar-refractivity contribution < 1.29 is 32.2 Å². The summed E-state index contributed by atoms with van der Waals surface area (Å²) in [6.45, 7) is 7.71. The fourth-order valence-corrected chi connectivity index (χ4v) is 10.6. The Morgan fingerprint density at radius 1 is 0.885 bits per heavy atom. The maximum atomic E-state index is 15.0. The van der Waals surface area contributed by atoms with Gasteiger partial charge in [0, 0.05) is 49.2 Å². The number of halogens is 1. The quantitative estimate of drug-likeness (QED) is 0.243. The van der Waals surface area contributed by atoms with Crippen LogP contribution < -0.4 is 10.2 Å². The van der Waals surface area contributed by atoms with E-state index < -0.39 is 21.9 Å². The first kappa shape index (κ1) is 36.4. The number of aromatic carboxylic acids is 1. The Balaban J connectivity index is 0.997. The van der Waals surface area contributed by atoms with E-state index in [4.69, 9.17) is 9.84 Å². The molecule has 3 aromatic rings. The Kier molecular flexibility index (Phi) is 10.6. The number of nitrogens with zero attached hydrogens (tertiary/aromatic N) is 3. The zero-order chi connectivity index (χ0) is 36.5. The number of carboxylic acids is 1. The molecule has 0 aromatic heterocycles. The maximum Gasteiger partial charge on any atom is 0.407 e. The van der Waals surface area contributed by atoms with Gasteiger partial charge in [-0.15, -0.1) is 0 Å². The van der Waals surface area contributed by atoms with Gasteiger partial charge in [-0.1, -0.05) is 18.6 Å². The summed E-state index contributed by atoms with van der Waals surface area (Å²) in [6.07, 6.45) is 5.71. The third kappa shape index (κ3) is 7.30. The zero-order valence-electron chi connectivity index (χ0n) is 29.8. The van der Waals surface area contributed by atoms with Crippen LogP contribution in [0, 0.1) is 23.6 Å². The van der Waals surface area contributed by atoms with Gasteiger partial charge in [0.05, 0.1) is 22.5 Å². The summed E-state index contributed by atoms with van der Waals surface area (Å²) in [5.41, 5.74) is 1.79. The number of carboxylic acid groups (broad SMARTS) is 1. The van der Waals surface area contributed by atoms with Crippen molar-refractivity contribution in [3.63, 3.8) is 0 Å². The van der Waals surface area contributed by atoms with Crippen LogP contribution in [0.5, 0.6) is 0 Å². The number of likely N-dealkylation sites (tertiary alicyclic amines) is 2. The summed E-state index contributed by atoms with van der Waals surface area (Å²) in [5, 5.41) is 12.3. The predicted molar refractivity (Wildman–Crippen MR) is 196 cm³/mol. The lowest BCUT2D eigenvalue weighted by Crippen LogP contribution is -2.60. The molecular formula is C40H49FN4O6S. The minimum atomic E-state index is -3.76. The molecule has 1 saturated carbocycles. The molecule has 0 bridgehead atoms. The highest BCUT2D eigenvalue weighted by atomic mass is 32.2. The number of nitrogens with one attached hydrogen (secondary N) is 1. The Labute approximate surface area is 305 Å². The molecule has 3 atom stereocenters. The summed E-state index contributed by atoms with van der Waals surface area (Å²) >= 11 is 0. The second-order valence-corrected chi connectivity index (χ2v) is 17.1. The predicted octanol–water partition coefficient (Wildman–Crippen LogP) is 5.67. The fourth-order valence-electron chi connectivity index (χ4n) is 9.38. The van der Waals surface area contributed by atoms with Crippen LogP contribution in [0.15, 0.2) is 82.6 Å². The van der Waals surface area contributed by atoms with Crippen LogP contribution in [0.25, 0.3) is 0 Å². The van der Waals surface area contributed by atoms with Crippen LogP contribution in [-0.4, -0.2) is 101 Å². The second kappa shape index (κ2) is 15.2. The Hall–Kier alpha value is -4.00. The molecule has 1 amide bonds. The molecule has 0 radical (unpaired) electrons. The zero-order valence-corrected chi connectivity index (χ0v) is 30.6. The average Bonchev–Trinajstić information content (AvgIpc) is 3.58. The van der Waals surface area contributed by atoms with Gasteiger partial charge in [0.25, 0.3) is 0 Å². The molecule has 0 spiro atoms. The van der Waals surface area contributed by atoms with Gasteiger partial charge in [0.1, 0.15) is 5.82 Å². The highest BCUT2D eigenvalue weighted by molar-refractivity contribution is 7.91. The molecule has 2 N–H and O–H groups in total. The average molecular weight is 733 g/mol. The van der Waals surface area contributed by atoms with E-state index in [9.17, 15) is 22.4 Å². The number of carbonyl (C=O) groups excluding carboxylic acids is 1. The van der Waals surface area contributed by atoms with E-state index in [1.807, 2.05) is 18.2 Å². The molecule has 1 aliphatic carbocycles. The fraction of sp³-hybridized carbons (Fsp3) is 0.500. The van der Waals surface area contributed by atoms with Crippen molar-refractivity contribution in [2.75, 3.05) is 64.4 Å². The van der Waals surface area contributed by atoms with Gasteiger partial charge < -0.3 is 29.9 Å². The number of alkyl carbamates (subject to hydrolysis) is 1. The van der Waals surface area contributed by atoms with E-state index in [1.54, 1.807) is 18.2 Å². The molecule has 278 valence electrons. The monoisotopic (exact) mass is 732 g/mol. The molecule has 52 heavy (non-hydrogen) atoms. The topological polar surface area (TPSA) is 119 Å². The first-order valence-electron chi connectivity index (χ1n) is 18.6. The van der Waals surface area contributed by atoms with E-state index in [0.717, 1.165) is 95.7 Å². The van der Waals surface area contributed by atoms with E-state index in [1.165, 1.54) is 43.9 Å². The molecule has 4 fully saturated rings. The second-order valence-electron chi connectivity index (χ2n) is 15.1. The van der Waals surface area contributed by atoms with Crippen LogP contribution in [-0.2, 0) is 20.0 Å². The van der Waals surface area contributed by atoms with Crippen molar-refractivity contribution in [3.05, 3.63) is 89.7 Å². The van der Waals surface area contributed by atoms with Crippen molar-refractivity contribution in [1.82, 2.24) is 15.1 Å². The molecule has 7 rings (SSSR count). The Morgan fingerprint density at radius 2 is 1.56 bits per heavy atom. The van der Waals surface area contributed by atoms with E-state index in [2.05, 4.69) is 26.1 Å². The molecule has 3 saturated heterocycles. The number of ether oxygens (including phenoxy) is 1. The van der Waals surface area contributed by atoms with Crippen LogP contribution in [0.2, 0.25) is 0 Å². The number of piperidine rings is 1. The van der Waals surface area contributed by atoms with Crippen molar-refractivity contribution in [2.45, 2.75) is 59.8 Å². The largest absolute Gasteiger partial charge is 0.478 e. The summed E-state index contributed by atoms with van der Waals surface area (Å²) in [6, 6.07) is 19.4. The smallest absolute Gasteiger partial charge is 0.407 e. The number of hydrogen-bond donors (Lipinski definition) is 2. The first-order chi connectivity index (χ1) is 25.1. The van der Waals surface area contributed by atoms with Crippen LogP contribution in [0.4, 0.5) is 14.9 Å². The highest BCUT2D eigenvalue weighted by Gasteiger charge is 2.53. The third-order valence-corrected chi connectivity index (χ3v) is 14.0. The molecular weight excluding hydrogens is 684 g/mol. The van der Waals surface area contributed by atoms with E-state index >= 15 is 0 Å². The van der Waals surface area contributed by atoms with E-state index in [0.29, 0.717) is 11.8 Å². The summed E-state index contributed by atoms with van der Waals surface area (Å²) in [4.78, 5) is 31.2. The van der Waals surface area contributed by atoms with Gasteiger partial charge in [-0.3, -0.25) is 0 Å². The molecule has 12 heteroatoms. The Bertz CT molecular complexity index is 1840. The number of hydrogen-bond acceptors (Lipinski definition) is 8. The lowest BCUT2D eigenvalue weighted by Gasteiger charge is -2.54. The lowest BCUT2D eigenvalue weighted by molar-refractivity contribution is 0.0223. The molecule has 4 aliphatic rings. The standard InChI is InChI=1S/C40H49FN4O6S/c1-51-39(48)42-37-8-3-7-36(37)40(27-44-19-4-20-44,31-5-2-6-32(41)23-31)30-17-21-43(22-18-30)24-28-25-45(26-28)33-11-15-35(16-12-33)52(49,50)34-13-9-29(10-14-34)38(46)47/h2,5-6,9-16,23,28,30,36-37H,3-4,7-8,17-22,24-27H2,1H3,(H,42,48)(H,46,47)/t36-,37-,40?/m0/s1. The normalized spacial score (nSPS) is 23.0. The number of benzene rings is 3. The van der Waals surface area contributed by atoms with Gasteiger partial charge in [0.2, 0.25) is 9.84 Å². The number of rotatable bonds is 12. The lowest BCUT2D eigenvalue weighted by atomic mass is 9.57. The summed E-state index contributed by atoms with van der Waals surface area (Å²) < 4.78 is 46.3. The number of carbonyl (C=O) groups is 2. The molecule has 10 nitrogen and oxygen atoms in total. The van der Waals surface area contributed by atoms with Crippen LogP contribution in [0.3, 0.4) is 0 Å². The van der Waals surface area contributed by atoms with Crippen molar-refractivity contribution >= 4 is 27.6 Å². The van der Waals surface area contributed by atoms with Crippen molar-refractivity contribution in [3.8, 4) is 0 Å². The van der Waals surface area contributed by atoms with Crippen molar-refractivity contribution in [2.24, 2.45) is 17.8 Å². The van der Waals surface area contributed by atoms with Crippen LogP contribution in [0.1, 0.15) is 54.4 Å². The van der Waals surface area contributed by atoms with E-state index in [-0.39, 0.29) is 38.5 Å². The molecule has 3 aliphatic heterocycles. The van der Waals surface area contributed by atoms with Gasteiger partial charge in [-0.25, -0.2) is 22.4 Å². The number of anilines is 1. The van der Waals surface area contributed by atoms with Gasteiger partial charge in [-0.2, -0.15) is 0 Å². The summed E-state index contributed by atoms with van der Waals surface area (Å²) in [5.74, 6) is -0.278. The minimum absolute atomic E-state index is 0.0180. The Morgan fingerprint density at radius 3 is 2.15 bits per heavy atom. The summed E-state index contributed by atoms with van der Waals surface area (Å²) in [7, 11) is -2.35. The molecule has 3 heterocycles. The van der Waals surface area contributed by atoms with Gasteiger partial charge in [-0.05, 0) is 136 Å². The minimum Gasteiger partial charge on any atom is -0.478 e. The number of methoxy groups -OCH3 is 1. The van der Waals surface area contributed by atoms with Crippen LogP contribution >= 0.6 is 0 Å². The highest BCUT2D eigenvalue weighted by Crippen LogP contribution is 2.51. The van der Waals surface area contributed by atoms with Gasteiger partial charge in [0.15, 0.2) is 0 Å². The van der Waals surface area contributed by atoms with Gasteiger partial charge >= 0.3 is 12.1 Å².